The van der Waals surface area contributed by atoms with E-state index in [1.807, 2.05) is 24.3 Å². The summed E-state index contributed by atoms with van der Waals surface area (Å²) < 4.78 is 22.3. The van der Waals surface area contributed by atoms with Crippen molar-refractivity contribution >= 4 is 6.29 Å². The zero-order chi connectivity index (χ0) is 19.6. The number of fused-ring (bicyclic) bond motifs is 1. The van der Waals surface area contributed by atoms with Gasteiger partial charge in [0.15, 0.2) is 11.5 Å². The third-order valence-corrected chi connectivity index (χ3v) is 5.01. The number of ether oxygens (including phenoxy) is 4. The molecule has 1 aliphatic heterocycles. The highest BCUT2D eigenvalue weighted by Crippen LogP contribution is 2.42. The largest absolute Gasteiger partial charge is 0.493 e. The van der Waals surface area contributed by atoms with Crippen molar-refractivity contribution in [1.82, 2.24) is 0 Å². The number of benzene rings is 2. The first kappa shape index (κ1) is 19.1. The van der Waals surface area contributed by atoms with Crippen LogP contribution in [0, 0.1) is 0 Å². The minimum absolute atomic E-state index is 0.157. The summed E-state index contributed by atoms with van der Waals surface area (Å²) in [4.78, 5) is 12.0. The average Bonchev–Trinajstić information content (AvgIpc) is 2.67. The molecule has 0 saturated carbocycles. The Kier molecular flexibility index (Phi) is 5.31. The molecule has 3 rings (SSSR count). The molecule has 1 atom stereocenters. The second-order valence-corrected chi connectivity index (χ2v) is 7.30. The van der Waals surface area contributed by atoms with E-state index in [0.717, 1.165) is 41.6 Å². The number of rotatable bonds is 6. The molecule has 2 aromatic carbocycles. The van der Waals surface area contributed by atoms with E-state index in [1.54, 1.807) is 21.3 Å². The standard InChI is InChI=1S/C22H26O5/c1-22(2)9-8-15-10-14(6-7-18(15)27-22)17(13-23)16-11-19(24-3)21(26-5)20(12-16)25-4/h6-7,10-13,17H,8-9H2,1-5H3. The first-order valence-electron chi connectivity index (χ1n) is 8.99. The lowest BCUT2D eigenvalue weighted by molar-refractivity contribution is -0.108. The van der Waals surface area contributed by atoms with Gasteiger partial charge in [0, 0.05) is 0 Å². The second kappa shape index (κ2) is 7.51. The van der Waals surface area contributed by atoms with E-state index < -0.39 is 5.92 Å². The SMILES string of the molecule is COc1cc(C(C=O)c2ccc3c(c2)CCC(C)(C)O3)cc(OC)c1OC. The molecule has 27 heavy (non-hydrogen) atoms. The molecule has 0 N–H and O–H groups in total. The first-order valence-corrected chi connectivity index (χ1v) is 8.99. The molecule has 0 radical (unpaired) electrons. The molecule has 0 aromatic heterocycles. The summed E-state index contributed by atoms with van der Waals surface area (Å²) in [6, 6.07) is 9.61. The van der Waals surface area contributed by atoms with Gasteiger partial charge in [0.25, 0.3) is 0 Å². The van der Waals surface area contributed by atoms with Crippen LogP contribution in [0.3, 0.4) is 0 Å². The van der Waals surface area contributed by atoms with E-state index in [2.05, 4.69) is 19.9 Å². The highest BCUT2D eigenvalue weighted by atomic mass is 16.5. The minimum atomic E-state index is -0.432. The van der Waals surface area contributed by atoms with Gasteiger partial charge in [-0.1, -0.05) is 12.1 Å². The topological polar surface area (TPSA) is 54.0 Å². The third-order valence-electron chi connectivity index (χ3n) is 5.01. The molecular formula is C22H26O5. The number of aldehydes is 1. The van der Waals surface area contributed by atoms with Crippen LogP contribution in [0.1, 0.15) is 42.9 Å². The van der Waals surface area contributed by atoms with Crippen LogP contribution >= 0.6 is 0 Å². The number of carbonyl (C=O) groups is 1. The maximum atomic E-state index is 12.0. The Morgan fingerprint density at radius 2 is 1.67 bits per heavy atom. The maximum absolute atomic E-state index is 12.0. The lowest BCUT2D eigenvalue weighted by Gasteiger charge is -2.33. The number of hydrogen-bond acceptors (Lipinski definition) is 5. The van der Waals surface area contributed by atoms with Crippen LogP contribution in [0.4, 0.5) is 0 Å². The summed E-state index contributed by atoms with van der Waals surface area (Å²) in [6.45, 7) is 4.18. The fraction of sp³-hybridized carbons (Fsp3) is 0.409. The molecule has 0 bridgehead atoms. The van der Waals surface area contributed by atoms with Gasteiger partial charge in [0.2, 0.25) is 5.75 Å². The van der Waals surface area contributed by atoms with Crippen LogP contribution in [0.15, 0.2) is 30.3 Å². The maximum Gasteiger partial charge on any atom is 0.203 e. The highest BCUT2D eigenvalue weighted by molar-refractivity contribution is 5.71. The number of hydrogen-bond donors (Lipinski definition) is 0. The Balaban J connectivity index is 2.02. The van der Waals surface area contributed by atoms with Gasteiger partial charge in [0.1, 0.15) is 17.6 Å². The molecule has 1 aliphatic rings. The van der Waals surface area contributed by atoms with Crippen molar-refractivity contribution in [3.63, 3.8) is 0 Å². The lowest BCUT2D eigenvalue weighted by atomic mass is 9.88. The van der Waals surface area contributed by atoms with Crippen LogP contribution in [0.5, 0.6) is 23.0 Å². The Morgan fingerprint density at radius 1 is 1.00 bits per heavy atom. The fourth-order valence-corrected chi connectivity index (χ4v) is 3.50. The molecule has 0 amide bonds. The average molecular weight is 370 g/mol. The summed E-state index contributed by atoms with van der Waals surface area (Å²) in [7, 11) is 4.69. The van der Waals surface area contributed by atoms with Gasteiger partial charge in [0.05, 0.1) is 27.2 Å². The van der Waals surface area contributed by atoms with Crippen molar-refractivity contribution in [2.24, 2.45) is 0 Å². The predicted octanol–water partition coefficient (Wildman–Crippen LogP) is 4.15. The van der Waals surface area contributed by atoms with E-state index in [0.29, 0.717) is 17.2 Å². The summed E-state index contributed by atoms with van der Waals surface area (Å²) >= 11 is 0. The van der Waals surface area contributed by atoms with Gasteiger partial charge >= 0.3 is 0 Å². The third kappa shape index (κ3) is 3.72. The van der Waals surface area contributed by atoms with Crippen molar-refractivity contribution in [1.29, 1.82) is 0 Å². The molecular weight excluding hydrogens is 344 g/mol. The molecule has 0 aliphatic carbocycles. The quantitative estimate of drug-likeness (QED) is 0.715. The van der Waals surface area contributed by atoms with Crippen molar-refractivity contribution < 1.29 is 23.7 Å². The van der Waals surface area contributed by atoms with Gasteiger partial charge in [-0.2, -0.15) is 0 Å². The molecule has 144 valence electrons. The second-order valence-electron chi connectivity index (χ2n) is 7.30. The van der Waals surface area contributed by atoms with Crippen molar-refractivity contribution in [2.75, 3.05) is 21.3 Å². The number of methoxy groups -OCH3 is 3. The zero-order valence-electron chi connectivity index (χ0n) is 16.5. The molecule has 5 nitrogen and oxygen atoms in total. The molecule has 0 fully saturated rings. The summed E-state index contributed by atoms with van der Waals surface area (Å²) in [5.74, 6) is 2.03. The van der Waals surface area contributed by atoms with Crippen molar-refractivity contribution in [3.05, 3.63) is 47.0 Å². The van der Waals surface area contributed by atoms with Gasteiger partial charge in [-0.25, -0.2) is 0 Å². The van der Waals surface area contributed by atoms with Crippen LogP contribution in [0.2, 0.25) is 0 Å². The van der Waals surface area contributed by atoms with Crippen LogP contribution in [-0.4, -0.2) is 33.2 Å². The Bertz CT molecular complexity index is 816. The van der Waals surface area contributed by atoms with Gasteiger partial charge in [-0.15, -0.1) is 0 Å². The number of aryl methyl sites for hydroxylation is 1. The van der Waals surface area contributed by atoms with Gasteiger partial charge in [-0.3, -0.25) is 0 Å². The Hall–Kier alpha value is -2.69. The molecule has 1 unspecified atom stereocenters. The normalized spacial score (nSPS) is 15.9. The van der Waals surface area contributed by atoms with E-state index in [1.165, 1.54) is 0 Å². The fourth-order valence-electron chi connectivity index (χ4n) is 3.50. The smallest absolute Gasteiger partial charge is 0.203 e. The van der Waals surface area contributed by atoms with E-state index in [9.17, 15) is 4.79 Å². The summed E-state index contributed by atoms with van der Waals surface area (Å²) in [5.41, 5.74) is 2.68. The Labute approximate surface area is 160 Å². The van der Waals surface area contributed by atoms with Crippen LogP contribution in [-0.2, 0) is 11.2 Å². The van der Waals surface area contributed by atoms with Gasteiger partial charge < -0.3 is 23.7 Å². The molecule has 2 aromatic rings. The first-order chi connectivity index (χ1) is 12.9. The molecule has 0 spiro atoms. The summed E-state index contributed by atoms with van der Waals surface area (Å²) in [6.07, 6.45) is 2.81. The van der Waals surface area contributed by atoms with Crippen molar-refractivity contribution in [3.8, 4) is 23.0 Å². The molecule has 1 heterocycles. The monoisotopic (exact) mass is 370 g/mol. The number of carbonyl (C=O) groups excluding carboxylic acids is 1. The van der Waals surface area contributed by atoms with E-state index in [4.69, 9.17) is 18.9 Å². The minimum Gasteiger partial charge on any atom is -0.493 e. The molecule has 5 heteroatoms. The van der Waals surface area contributed by atoms with Crippen LogP contribution in [0.25, 0.3) is 0 Å². The predicted molar refractivity (Wildman–Crippen MR) is 103 cm³/mol. The zero-order valence-corrected chi connectivity index (χ0v) is 16.5. The van der Waals surface area contributed by atoms with Crippen molar-refractivity contribution in [2.45, 2.75) is 38.2 Å². The van der Waals surface area contributed by atoms with E-state index in [-0.39, 0.29) is 5.60 Å². The van der Waals surface area contributed by atoms with Gasteiger partial charge in [-0.05, 0) is 61.6 Å². The summed E-state index contributed by atoms with van der Waals surface area (Å²) in [5, 5.41) is 0. The molecule has 0 saturated heterocycles. The Morgan fingerprint density at radius 3 is 2.22 bits per heavy atom. The highest BCUT2D eigenvalue weighted by Gasteiger charge is 2.28. The lowest BCUT2D eigenvalue weighted by Crippen LogP contribution is -2.32. The van der Waals surface area contributed by atoms with Crippen LogP contribution < -0.4 is 18.9 Å². The van der Waals surface area contributed by atoms with E-state index >= 15 is 0 Å².